The summed E-state index contributed by atoms with van der Waals surface area (Å²) in [6.45, 7) is 3.02. The van der Waals surface area contributed by atoms with Crippen molar-refractivity contribution >= 4 is 58.6 Å². The van der Waals surface area contributed by atoms with Gasteiger partial charge in [0.05, 0.1) is 29.5 Å². The Morgan fingerprint density at radius 1 is 1.12 bits per heavy atom. The molecule has 2 atom stereocenters. The molecule has 50 heavy (non-hydrogen) atoms. The number of aromatic amines is 2. The summed E-state index contributed by atoms with van der Waals surface area (Å²) in [5, 5.41) is 25.1. The van der Waals surface area contributed by atoms with E-state index in [1.54, 1.807) is 6.34 Å². The van der Waals surface area contributed by atoms with Gasteiger partial charge in [-0.1, -0.05) is 11.8 Å². The molecule has 0 spiro atoms. The van der Waals surface area contributed by atoms with Gasteiger partial charge in [0.15, 0.2) is 16.6 Å². The van der Waals surface area contributed by atoms with Gasteiger partial charge in [-0.3, -0.25) is 43.8 Å². The minimum atomic E-state index is -1.64. The van der Waals surface area contributed by atoms with Crippen molar-refractivity contribution in [3.8, 4) is 0 Å². The van der Waals surface area contributed by atoms with Crippen LogP contribution < -0.4 is 85.9 Å². The topological polar surface area (TPSA) is 220 Å². The number of aliphatic carboxylic acids is 1. The number of pyridine rings is 1. The van der Waals surface area contributed by atoms with Crippen molar-refractivity contribution in [2.24, 2.45) is 12.0 Å². The van der Waals surface area contributed by atoms with Gasteiger partial charge < -0.3 is 29.7 Å². The number of β-lactam (4-membered cyclic amide) rings is 1. The summed E-state index contributed by atoms with van der Waals surface area (Å²) in [7, 11) is 1.50. The summed E-state index contributed by atoms with van der Waals surface area (Å²) in [6.07, 6.45) is 3.01. The number of halogens is 1. The third kappa shape index (κ3) is 8.15. The van der Waals surface area contributed by atoms with Crippen LogP contribution in [0.3, 0.4) is 0 Å². The van der Waals surface area contributed by atoms with Crippen LogP contribution in [0.1, 0.15) is 15.9 Å². The molecule has 0 radical (unpaired) electrons. The number of nitrogens with zero attached hydrogens (tertiary/aromatic N) is 6. The summed E-state index contributed by atoms with van der Waals surface area (Å²) in [6, 6.07) is 1.79. The van der Waals surface area contributed by atoms with E-state index in [0.29, 0.717) is 61.6 Å². The first-order valence-electron chi connectivity index (χ1n) is 14.7. The standard InChI is InChI=1S/C29H29FN8O8S2.2Na/c1-35-29(33-23(40)24(41)34-35)48-12-15-11-47-26-20(25(42)38(26)21(15)28(45)46)32-13-37-6-4-36(5-7-37)3-2-14-8-19-16(9-18(14)30)22(39)17(10-31-19)27(43)44;;/h8-10,13,20,26H,2-7,11-12H2,1H3,(H,31,39)(H,34,41)(H,43,44)(H,45,46);;/q;2*+1/p-2/t20-,26-;;/m0../s1. The van der Waals surface area contributed by atoms with E-state index in [2.05, 4.69) is 25.0 Å². The molecule has 0 saturated carbocycles. The van der Waals surface area contributed by atoms with E-state index < -0.39 is 57.2 Å². The molecule has 5 heterocycles. The van der Waals surface area contributed by atoms with E-state index in [4.69, 9.17) is 0 Å². The zero-order valence-corrected chi connectivity index (χ0v) is 32.9. The SMILES string of the molecule is Cn1[nH]c(=O)c(=O)nc1SCC1=C(C(=O)[O-])N2C(=O)[C@H](N=CN3CCN(CCc4cc5[nH]cc(C(=O)[O-])c(=O)c5cc4F)CC3)[C@@H]2SC1.[Na+].[Na+]. The van der Waals surface area contributed by atoms with E-state index >= 15 is 0 Å². The molecule has 2 saturated heterocycles. The maximum atomic E-state index is 14.8. The van der Waals surface area contributed by atoms with Gasteiger partial charge >= 0.3 is 70.2 Å². The normalized spacial score (nSPS) is 19.2. The predicted octanol–water partition coefficient (Wildman–Crippen LogP) is -8.91. The molecule has 2 fully saturated rings. The first kappa shape index (κ1) is 40.0. The fourth-order valence-electron chi connectivity index (χ4n) is 5.68. The first-order valence-corrected chi connectivity index (χ1v) is 16.7. The quantitative estimate of drug-likeness (QED) is 0.0493. The number of carbonyl (C=O) groups excluding carboxylic acids is 3. The third-order valence-corrected chi connectivity index (χ3v) is 10.7. The number of aryl methyl sites for hydroxylation is 1. The summed E-state index contributed by atoms with van der Waals surface area (Å²) in [5.41, 5.74) is -2.29. The Bertz CT molecular complexity index is 2080. The van der Waals surface area contributed by atoms with Gasteiger partial charge in [-0.2, -0.15) is 4.98 Å². The smallest absolute Gasteiger partial charge is 0.545 e. The fraction of sp³-hybridized carbons (Fsp3) is 0.379. The number of piperazine rings is 1. The molecule has 2 aromatic heterocycles. The maximum absolute atomic E-state index is 14.8. The van der Waals surface area contributed by atoms with Crippen LogP contribution in [0.15, 0.2) is 54.1 Å². The van der Waals surface area contributed by atoms with Crippen LogP contribution in [0.2, 0.25) is 0 Å². The molecule has 0 bridgehead atoms. The van der Waals surface area contributed by atoms with Gasteiger partial charge in [0.25, 0.3) is 5.91 Å². The molecule has 2 N–H and O–H groups in total. The number of nitrogens with one attached hydrogen (secondary N) is 2. The van der Waals surface area contributed by atoms with Crippen LogP contribution in [-0.4, -0.2) is 114 Å². The fourth-order valence-corrected chi connectivity index (χ4v) is 8.08. The average molecular weight is 745 g/mol. The van der Waals surface area contributed by atoms with Crippen LogP contribution in [0.4, 0.5) is 4.39 Å². The van der Waals surface area contributed by atoms with Gasteiger partial charge in [-0.05, 0) is 29.7 Å². The number of rotatable bonds is 10. The van der Waals surface area contributed by atoms with Crippen LogP contribution in [0.5, 0.6) is 0 Å². The van der Waals surface area contributed by atoms with Crippen LogP contribution >= 0.6 is 23.5 Å². The number of H-pyrrole nitrogens is 2. The molecule has 3 aliphatic heterocycles. The van der Waals surface area contributed by atoms with Gasteiger partial charge in [0.2, 0.25) is 0 Å². The van der Waals surface area contributed by atoms with Crippen molar-refractivity contribution in [3.05, 3.63) is 77.5 Å². The predicted molar refractivity (Wildman–Crippen MR) is 169 cm³/mol. The van der Waals surface area contributed by atoms with Gasteiger partial charge in [-0.15, -0.1) is 11.8 Å². The number of benzene rings is 1. The van der Waals surface area contributed by atoms with Crippen LogP contribution in [0.25, 0.3) is 10.9 Å². The van der Waals surface area contributed by atoms with Crippen molar-refractivity contribution in [1.29, 1.82) is 0 Å². The zero-order valence-electron chi connectivity index (χ0n) is 27.3. The minimum absolute atomic E-state index is 0. The molecule has 0 unspecified atom stereocenters. The molecule has 1 amide bonds. The number of thioether (sulfide) groups is 2. The van der Waals surface area contributed by atoms with Crippen molar-refractivity contribution < 1.29 is 88.1 Å². The number of amides is 1. The van der Waals surface area contributed by atoms with Crippen molar-refractivity contribution in [1.82, 2.24) is 34.4 Å². The Labute approximate surface area is 335 Å². The van der Waals surface area contributed by atoms with Crippen LogP contribution in [-0.2, 0) is 23.1 Å². The molecule has 6 rings (SSSR count). The number of hydrogen-bond donors (Lipinski definition) is 2. The van der Waals surface area contributed by atoms with E-state index in [1.165, 1.54) is 34.5 Å². The Morgan fingerprint density at radius 2 is 1.84 bits per heavy atom. The van der Waals surface area contributed by atoms with E-state index in [-0.39, 0.29) is 81.1 Å². The average Bonchev–Trinajstić information content (AvgIpc) is 3.05. The first-order chi connectivity index (χ1) is 22.9. The number of hydrogen-bond acceptors (Lipinski definition) is 13. The second kappa shape index (κ2) is 16.7. The van der Waals surface area contributed by atoms with Crippen molar-refractivity contribution in [2.45, 2.75) is 23.0 Å². The Morgan fingerprint density at radius 3 is 2.52 bits per heavy atom. The Hall–Kier alpha value is -2.75. The molecule has 0 aliphatic carbocycles. The second-order valence-corrected chi connectivity index (χ2v) is 13.3. The van der Waals surface area contributed by atoms with Crippen molar-refractivity contribution in [3.63, 3.8) is 0 Å². The molecule has 3 aromatic rings. The van der Waals surface area contributed by atoms with Gasteiger partial charge in [0.1, 0.15) is 11.2 Å². The third-order valence-electron chi connectivity index (χ3n) is 8.30. The number of carboxylic acid groups (broad SMARTS) is 2. The van der Waals surface area contributed by atoms with Crippen LogP contribution in [0, 0.1) is 5.82 Å². The Balaban J connectivity index is 0.00000281. The molecule has 1 aromatic carbocycles. The summed E-state index contributed by atoms with van der Waals surface area (Å²) in [4.78, 5) is 87.8. The molecular weight excluding hydrogens is 717 g/mol. The number of fused-ring (bicyclic) bond motifs is 2. The molecule has 21 heteroatoms. The molecule has 252 valence electrons. The van der Waals surface area contributed by atoms with E-state index in [0.717, 1.165) is 24.0 Å². The largest absolute Gasteiger partial charge is 1.00 e. The number of aromatic nitrogens is 4. The summed E-state index contributed by atoms with van der Waals surface area (Å²) >= 11 is 2.42. The van der Waals surface area contributed by atoms with E-state index in [9.17, 15) is 43.4 Å². The number of aliphatic imine (C=N–C) groups is 1. The van der Waals surface area contributed by atoms with Gasteiger partial charge in [0, 0.05) is 68.4 Å². The van der Waals surface area contributed by atoms with Crippen molar-refractivity contribution in [2.75, 3.05) is 44.2 Å². The number of carboxylic acids is 2. The zero-order chi connectivity index (χ0) is 34.3. The number of aromatic carboxylic acids is 1. The number of carbonyl (C=O) groups is 3. The van der Waals surface area contributed by atoms with E-state index in [1.807, 2.05) is 4.90 Å². The summed E-state index contributed by atoms with van der Waals surface area (Å²) < 4.78 is 16.1. The monoisotopic (exact) mass is 744 g/mol. The second-order valence-electron chi connectivity index (χ2n) is 11.3. The maximum Gasteiger partial charge on any atom is 1.00 e. The Kier molecular flexibility index (Phi) is 13.4. The molecule has 3 aliphatic rings. The summed E-state index contributed by atoms with van der Waals surface area (Å²) in [5.74, 6) is -3.80. The molecule has 16 nitrogen and oxygen atoms in total. The van der Waals surface area contributed by atoms with Gasteiger partial charge in [-0.25, -0.2) is 4.39 Å². The molecular formula is C29H27FN8Na2O8S2. The minimum Gasteiger partial charge on any atom is -0.545 e.